The van der Waals surface area contributed by atoms with E-state index in [9.17, 15) is 4.79 Å². The molecule has 7 heteroatoms. The van der Waals surface area contributed by atoms with Crippen LogP contribution in [-0.4, -0.2) is 29.0 Å². The van der Waals surface area contributed by atoms with Gasteiger partial charge in [-0.3, -0.25) is 4.79 Å². The van der Waals surface area contributed by atoms with E-state index < -0.39 is 0 Å². The Balaban J connectivity index is 1.41. The number of nitrogens with zero attached hydrogens (tertiary/aromatic N) is 3. The summed E-state index contributed by atoms with van der Waals surface area (Å²) in [7, 11) is 0. The Morgan fingerprint density at radius 2 is 1.93 bits per heavy atom. The van der Waals surface area contributed by atoms with E-state index >= 15 is 0 Å². The van der Waals surface area contributed by atoms with Crippen LogP contribution in [-0.2, 0) is 6.54 Å². The summed E-state index contributed by atoms with van der Waals surface area (Å²) in [6.07, 6.45) is 2.38. The number of aryl methyl sites for hydroxylation is 1. The molecule has 0 saturated carbocycles. The van der Waals surface area contributed by atoms with Gasteiger partial charge in [0.15, 0.2) is 0 Å². The zero-order chi connectivity index (χ0) is 19.3. The molecule has 1 amide bonds. The van der Waals surface area contributed by atoms with E-state index in [2.05, 4.69) is 25.5 Å². The van der Waals surface area contributed by atoms with Crippen LogP contribution >= 0.6 is 11.3 Å². The minimum atomic E-state index is -0.0749. The minimum absolute atomic E-state index is 0.0749. The molecule has 0 unspecified atom stereocenters. The summed E-state index contributed by atoms with van der Waals surface area (Å²) in [5.74, 6) is 1.48. The molecule has 1 aromatic carbocycles. The van der Waals surface area contributed by atoms with Crippen molar-refractivity contribution in [2.24, 2.45) is 0 Å². The third-order valence-electron chi connectivity index (χ3n) is 4.65. The SMILES string of the molecule is Cc1cc(Nc2ccc(C(=O)NCc3cccs3)cc2)nc(N2CCCC2)n1. The normalized spacial score (nSPS) is 13.5. The van der Waals surface area contributed by atoms with Gasteiger partial charge in [-0.25, -0.2) is 4.98 Å². The summed E-state index contributed by atoms with van der Waals surface area (Å²) in [6, 6.07) is 13.4. The van der Waals surface area contributed by atoms with E-state index in [0.29, 0.717) is 12.1 Å². The predicted molar refractivity (Wildman–Crippen MR) is 113 cm³/mol. The molecular weight excluding hydrogens is 370 g/mol. The van der Waals surface area contributed by atoms with Crippen LogP contribution in [0.25, 0.3) is 0 Å². The number of rotatable bonds is 6. The van der Waals surface area contributed by atoms with Gasteiger partial charge in [0.05, 0.1) is 6.54 Å². The molecule has 4 rings (SSSR count). The first-order valence-electron chi connectivity index (χ1n) is 9.46. The number of carbonyl (C=O) groups excluding carboxylic acids is 1. The van der Waals surface area contributed by atoms with Crippen molar-refractivity contribution < 1.29 is 4.79 Å². The van der Waals surface area contributed by atoms with Crippen LogP contribution in [0, 0.1) is 6.92 Å². The van der Waals surface area contributed by atoms with E-state index in [1.165, 1.54) is 12.8 Å². The lowest BCUT2D eigenvalue weighted by molar-refractivity contribution is 0.0951. The van der Waals surface area contributed by atoms with E-state index in [1.54, 1.807) is 11.3 Å². The van der Waals surface area contributed by atoms with Crippen molar-refractivity contribution in [2.75, 3.05) is 23.3 Å². The van der Waals surface area contributed by atoms with Crippen molar-refractivity contribution in [3.05, 3.63) is 64.0 Å². The summed E-state index contributed by atoms with van der Waals surface area (Å²) in [6.45, 7) is 4.56. The van der Waals surface area contributed by atoms with Crippen molar-refractivity contribution in [1.29, 1.82) is 0 Å². The average molecular weight is 394 g/mol. The molecule has 144 valence electrons. The van der Waals surface area contributed by atoms with Crippen molar-refractivity contribution in [3.63, 3.8) is 0 Å². The van der Waals surface area contributed by atoms with Gasteiger partial charge in [-0.1, -0.05) is 6.07 Å². The molecule has 0 aliphatic carbocycles. The molecule has 1 saturated heterocycles. The quantitative estimate of drug-likeness (QED) is 0.659. The molecule has 1 aliphatic rings. The zero-order valence-corrected chi connectivity index (χ0v) is 16.6. The number of hydrogen-bond donors (Lipinski definition) is 2. The Morgan fingerprint density at radius 3 is 2.64 bits per heavy atom. The van der Waals surface area contributed by atoms with E-state index in [1.807, 2.05) is 54.8 Å². The number of nitrogens with one attached hydrogen (secondary N) is 2. The van der Waals surface area contributed by atoms with Crippen LogP contribution in [0.1, 0.15) is 33.8 Å². The Labute approximate surface area is 168 Å². The first-order valence-corrected chi connectivity index (χ1v) is 10.3. The molecule has 2 aromatic heterocycles. The Bertz CT molecular complexity index is 934. The maximum atomic E-state index is 12.3. The number of aromatic nitrogens is 2. The van der Waals surface area contributed by atoms with Gasteiger partial charge in [0.25, 0.3) is 5.91 Å². The lowest BCUT2D eigenvalue weighted by atomic mass is 10.2. The van der Waals surface area contributed by atoms with E-state index in [0.717, 1.165) is 41.1 Å². The highest BCUT2D eigenvalue weighted by atomic mass is 32.1. The van der Waals surface area contributed by atoms with E-state index in [4.69, 9.17) is 0 Å². The largest absolute Gasteiger partial charge is 0.347 e. The smallest absolute Gasteiger partial charge is 0.251 e. The Hall–Kier alpha value is -2.93. The van der Waals surface area contributed by atoms with E-state index in [-0.39, 0.29) is 5.91 Å². The highest BCUT2D eigenvalue weighted by molar-refractivity contribution is 7.09. The van der Waals surface area contributed by atoms with Crippen LogP contribution in [0.4, 0.5) is 17.5 Å². The second-order valence-electron chi connectivity index (χ2n) is 6.85. The number of carbonyl (C=O) groups is 1. The van der Waals surface area contributed by atoms with Crippen LogP contribution in [0.5, 0.6) is 0 Å². The molecule has 3 aromatic rings. The fourth-order valence-electron chi connectivity index (χ4n) is 3.21. The van der Waals surface area contributed by atoms with Crippen LogP contribution in [0.15, 0.2) is 47.8 Å². The fourth-order valence-corrected chi connectivity index (χ4v) is 3.86. The first-order chi connectivity index (χ1) is 13.7. The Morgan fingerprint density at radius 1 is 1.14 bits per heavy atom. The topological polar surface area (TPSA) is 70.2 Å². The first kappa shape index (κ1) is 18.4. The van der Waals surface area contributed by atoms with Crippen molar-refractivity contribution in [2.45, 2.75) is 26.3 Å². The molecule has 28 heavy (non-hydrogen) atoms. The standard InChI is InChI=1S/C21H23N5OS/c1-15-13-19(25-21(23-15)26-10-2-3-11-26)24-17-8-6-16(7-9-17)20(27)22-14-18-5-4-12-28-18/h4-9,12-13H,2-3,10-11,14H2,1H3,(H,22,27)(H,23,24,25). The zero-order valence-electron chi connectivity index (χ0n) is 15.8. The van der Waals surface area contributed by atoms with Crippen molar-refractivity contribution in [3.8, 4) is 0 Å². The summed E-state index contributed by atoms with van der Waals surface area (Å²) >= 11 is 1.63. The summed E-state index contributed by atoms with van der Waals surface area (Å²) < 4.78 is 0. The highest BCUT2D eigenvalue weighted by Crippen LogP contribution is 2.21. The maximum Gasteiger partial charge on any atom is 0.251 e. The van der Waals surface area contributed by atoms with Crippen LogP contribution in [0.3, 0.4) is 0 Å². The number of hydrogen-bond acceptors (Lipinski definition) is 6. The van der Waals surface area contributed by atoms with Gasteiger partial charge in [-0.05, 0) is 55.5 Å². The molecule has 1 aliphatic heterocycles. The molecule has 3 heterocycles. The predicted octanol–water partition coefficient (Wildman–Crippen LogP) is 4.12. The van der Waals surface area contributed by atoms with Gasteiger partial charge < -0.3 is 15.5 Å². The number of thiophene rings is 1. The van der Waals surface area contributed by atoms with Crippen LogP contribution < -0.4 is 15.5 Å². The molecule has 1 fully saturated rings. The van der Waals surface area contributed by atoms with Gasteiger partial charge in [0, 0.05) is 41.0 Å². The molecule has 0 radical (unpaired) electrons. The molecule has 0 atom stereocenters. The molecular formula is C21H23N5OS. The van der Waals surface area contributed by atoms with Crippen molar-refractivity contribution >= 4 is 34.7 Å². The lowest BCUT2D eigenvalue weighted by Crippen LogP contribution is -2.22. The lowest BCUT2D eigenvalue weighted by Gasteiger charge is -2.17. The number of benzene rings is 1. The van der Waals surface area contributed by atoms with Crippen LogP contribution in [0.2, 0.25) is 0 Å². The molecule has 2 N–H and O–H groups in total. The third kappa shape index (κ3) is 4.48. The van der Waals surface area contributed by atoms with Crippen molar-refractivity contribution in [1.82, 2.24) is 15.3 Å². The minimum Gasteiger partial charge on any atom is -0.347 e. The average Bonchev–Trinajstić information content (AvgIpc) is 3.40. The van der Waals surface area contributed by atoms with Gasteiger partial charge in [0.2, 0.25) is 5.95 Å². The van der Waals surface area contributed by atoms with Gasteiger partial charge >= 0.3 is 0 Å². The monoisotopic (exact) mass is 393 g/mol. The second kappa shape index (κ2) is 8.39. The fraction of sp³-hybridized carbons (Fsp3) is 0.286. The van der Waals surface area contributed by atoms with Gasteiger partial charge in [-0.15, -0.1) is 11.3 Å². The summed E-state index contributed by atoms with van der Waals surface area (Å²) in [5.41, 5.74) is 2.46. The third-order valence-corrected chi connectivity index (χ3v) is 5.53. The second-order valence-corrected chi connectivity index (χ2v) is 7.89. The summed E-state index contributed by atoms with van der Waals surface area (Å²) in [4.78, 5) is 24.9. The number of anilines is 3. The summed E-state index contributed by atoms with van der Waals surface area (Å²) in [5, 5.41) is 8.27. The maximum absolute atomic E-state index is 12.3. The molecule has 6 nitrogen and oxygen atoms in total. The van der Waals surface area contributed by atoms with Gasteiger partial charge in [0.1, 0.15) is 5.82 Å². The highest BCUT2D eigenvalue weighted by Gasteiger charge is 2.16. The molecule has 0 spiro atoms. The Kier molecular flexibility index (Phi) is 5.53. The molecule has 0 bridgehead atoms. The van der Waals surface area contributed by atoms with Gasteiger partial charge in [-0.2, -0.15) is 4.98 Å². The number of amides is 1.